The molecule has 0 aromatic heterocycles. The minimum absolute atomic E-state index is 0.192. The molecule has 0 bridgehead atoms. The Bertz CT molecular complexity index is 726. The Kier molecular flexibility index (Phi) is 6.10. The lowest BCUT2D eigenvalue weighted by Crippen LogP contribution is -2.27. The number of amides is 1. The molecular weight excluding hydrogens is 324 g/mol. The van der Waals surface area contributed by atoms with Gasteiger partial charge in [-0.1, -0.05) is 0 Å². The second-order valence-corrected chi connectivity index (χ2v) is 4.60. The molecule has 1 aromatic rings. The predicted octanol–water partition coefficient (Wildman–Crippen LogP) is 0.764. The van der Waals surface area contributed by atoms with Crippen molar-refractivity contribution in [2.75, 3.05) is 6.54 Å². The van der Waals surface area contributed by atoms with Crippen molar-refractivity contribution in [2.24, 2.45) is 0 Å². The molecule has 0 saturated carbocycles. The van der Waals surface area contributed by atoms with Gasteiger partial charge in [0.1, 0.15) is 0 Å². The van der Waals surface area contributed by atoms with Crippen LogP contribution in [-0.4, -0.2) is 35.1 Å². The summed E-state index contributed by atoms with van der Waals surface area (Å²) in [5.41, 5.74) is -0.919. The number of rotatable bonds is 6. The molecule has 0 atom stereocenters. The number of benzene rings is 1. The fourth-order valence-electron chi connectivity index (χ4n) is 1.67. The summed E-state index contributed by atoms with van der Waals surface area (Å²) in [7, 11) is 0. The number of carbonyl (C=O) groups excluding carboxylic acids is 4. The maximum absolute atomic E-state index is 12.0. The highest BCUT2D eigenvalue weighted by molar-refractivity contribution is 6.00. The first-order valence-electron chi connectivity index (χ1n) is 6.58. The van der Waals surface area contributed by atoms with E-state index in [2.05, 4.69) is 5.32 Å². The fraction of sp³-hybridized carbons (Fsp3) is 0.286. The summed E-state index contributed by atoms with van der Waals surface area (Å²) >= 11 is 0. The molecule has 128 valence electrons. The van der Waals surface area contributed by atoms with Crippen LogP contribution < -0.4 is 14.8 Å². The van der Waals surface area contributed by atoms with Gasteiger partial charge in [-0.05, 0) is 6.07 Å². The lowest BCUT2D eigenvalue weighted by Gasteiger charge is -2.11. The molecule has 0 aliphatic carbocycles. The molecule has 10 nitrogen and oxygen atoms in total. The number of nitrogens with zero attached hydrogens (tertiary/aromatic N) is 1. The van der Waals surface area contributed by atoms with E-state index in [0.717, 1.165) is 26.0 Å². The van der Waals surface area contributed by atoms with Crippen LogP contribution in [-0.2, 0) is 14.4 Å². The van der Waals surface area contributed by atoms with Crippen molar-refractivity contribution in [3.8, 4) is 11.5 Å². The Morgan fingerprint density at radius 2 is 1.67 bits per heavy atom. The minimum Gasteiger partial charge on any atom is -0.422 e. The summed E-state index contributed by atoms with van der Waals surface area (Å²) in [6, 6.07) is 1.90. The summed E-state index contributed by atoms with van der Waals surface area (Å²) in [4.78, 5) is 55.4. The number of Topliss-reactive ketones (excluding diaryl/α,β-unsaturated/α-hetero) is 1. The molecule has 1 amide bonds. The number of nitrogens with one attached hydrogen (secondary N) is 1. The van der Waals surface area contributed by atoms with E-state index < -0.39 is 52.3 Å². The maximum Gasteiger partial charge on any atom is 0.316 e. The first kappa shape index (κ1) is 18.7. The summed E-state index contributed by atoms with van der Waals surface area (Å²) in [6.45, 7) is 2.84. The van der Waals surface area contributed by atoms with E-state index in [9.17, 15) is 29.3 Å². The molecule has 1 aromatic carbocycles. The van der Waals surface area contributed by atoms with Gasteiger partial charge in [-0.3, -0.25) is 29.3 Å². The number of carbonyl (C=O) groups is 4. The zero-order valence-electron chi connectivity index (χ0n) is 13.1. The van der Waals surface area contributed by atoms with Gasteiger partial charge in [0, 0.05) is 32.4 Å². The SMILES string of the molecule is CC(=O)NCC(=O)c1cc(OC(C)=O)c(OC(C)=O)c([N+](=O)[O-])c1. The normalized spacial score (nSPS) is 9.79. The van der Waals surface area contributed by atoms with Crippen LogP contribution in [0.25, 0.3) is 0 Å². The van der Waals surface area contributed by atoms with Crippen molar-refractivity contribution in [3.05, 3.63) is 27.8 Å². The molecule has 1 N–H and O–H groups in total. The number of nitro groups is 1. The highest BCUT2D eigenvalue weighted by atomic mass is 16.6. The van der Waals surface area contributed by atoms with Gasteiger partial charge in [0.05, 0.1) is 11.5 Å². The third kappa shape index (κ3) is 5.16. The lowest BCUT2D eigenvalue weighted by atomic mass is 10.1. The van der Waals surface area contributed by atoms with E-state index in [4.69, 9.17) is 9.47 Å². The van der Waals surface area contributed by atoms with Gasteiger partial charge < -0.3 is 14.8 Å². The molecule has 0 fully saturated rings. The molecule has 0 aliphatic rings. The van der Waals surface area contributed by atoms with Crippen LogP contribution in [0, 0.1) is 10.1 Å². The first-order valence-corrected chi connectivity index (χ1v) is 6.58. The Balaban J connectivity index is 3.42. The molecule has 0 radical (unpaired) electrons. The van der Waals surface area contributed by atoms with E-state index in [0.29, 0.717) is 0 Å². The van der Waals surface area contributed by atoms with Crippen molar-refractivity contribution in [1.29, 1.82) is 0 Å². The lowest BCUT2D eigenvalue weighted by molar-refractivity contribution is -0.385. The summed E-state index contributed by atoms with van der Waals surface area (Å²) < 4.78 is 9.53. The first-order chi connectivity index (χ1) is 11.1. The standard InChI is InChI=1S/C14H14N2O8/c1-7(17)15-6-12(20)10-4-11(16(21)22)14(24-9(3)19)13(5-10)23-8(2)18/h4-5H,6H2,1-3H3,(H,15,17). The van der Waals surface area contributed by atoms with Crippen molar-refractivity contribution in [2.45, 2.75) is 20.8 Å². The fourth-order valence-corrected chi connectivity index (χ4v) is 1.67. The van der Waals surface area contributed by atoms with Crippen LogP contribution >= 0.6 is 0 Å². The van der Waals surface area contributed by atoms with E-state index in [1.165, 1.54) is 6.92 Å². The van der Waals surface area contributed by atoms with Gasteiger partial charge in [-0.15, -0.1) is 0 Å². The largest absolute Gasteiger partial charge is 0.422 e. The summed E-state index contributed by atoms with van der Waals surface area (Å²) in [5, 5.41) is 13.4. The Morgan fingerprint density at radius 3 is 2.12 bits per heavy atom. The molecular formula is C14H14N2O8. The minimum atomic E-state index is -0.888. The molecule has 24 heavy (non-hydrogen) atoms. The van der Waals surface area contributed by atoms with Crippen LogP contribution in [0.2, 0.25) is 0 Å². The van der Waals surface area contributed by atoms with Crippen LogP contribution in [0.1, 0.15) is 31.1 Å². The van der Waals surface area contributed by atoms with Crippen LogP contribution in [0.5, 0.6) is 11.5 Å². The number of esters is 2. The maximum atomic E-state index is 12.0. The number of ketones is 1. The Labute approximate surface area is 135 Å². The van der Waals surface area contributed by atoms with Gasteiger partial charge in [-0.25, -0.2) is 0 Å². The Morgan fingerprint density at radius 1 is 1.08 bits per heavy atom. The highest BCUT2D eigenvalue weighted by Crippen LogP contribution is 2.38. The Hall–Kier alpha value is -3.30. The van der Waals surface area contributed by atoms with Crippen molar-refractivity contribution < 1.29 is 33.6 Å². The van der Waals surface area contributed by atoms with Crippen molar-refractivity contribution >= 4 is 29.3 Å². The molecule has 0 unspecified atom stereocenters. The van der Waals surface area contributed by atoms with Crippen LogP contribution in [0.15, 0.2) is 12.1 Å². The van der Waals surface area contributed by atoms with Crippen molar-refractivity contribution in [3.63, 3.8) is 0 Å². The van der Waals surface area contributed by atoms with Gasteiger partial charge in [0.25, 0.3) is 5.75 Å². The van der Waals surface area contributed by atoms with E-state index >= 15 is 0 Å². The molecule has 10 heteroatoms. The zero-order chi connectivity index (χ0) is 18.4. The summed E-state index contributed by atoms with van der Waals surface area (Å²) in [6.07, 6.45) is 0. The van der Waals surface area contributed by atoms with Gasteiger partial charge in [0.15, 0.2) is 11.5 Å². The van der Waals surface area contributed by atoms with E-state index in [1.54, 1.807) is 0 Å². The quantitative estimate of drug-likeness (QED) is 0.263. The number of ether oxygens (including phenoxy) is 2. The second-order valence-electron chi connectivity index (χ2n) is 4.60. The van der Waals surface area contributed by atoms with Gasteiger partial charge >= 0.3 is 17.6 Å². The average Bonchev–Trinajstić information content (AvgIpc) is 2.44. The molecule has 0 heterocycles. The molecule has 0 aliphatic heterocycles. The van der Waals surface area contributed by atoms with Gasteiger partial charge in [-0.2, -0.15) is 0 Å². The number of hydrogen-bond donors (Lipinski definition) is 1. The smallest absolute Gasteiger partial charge is 0.316 e. The molecule has 1 rings (SSSR count). The van der Waals surface area contributed by atoms with Crippen molar-refractivity contribution in [1.82, 2.24) is 5.32 Å². The number of nitro benzene ring substituents is 1. The van der Waals surface area contributed by atoms with E-state index in [1.807, 2.05) is 0 Å². The molecule has 0 saturated heterocycles. The zero-order valence-corrected chi connectivity index (χ0v) is 13.1. The number of hydrogen-bond acceptors (Lipinski definition) is 8. The topological polar surface area (TPSA) is 142 Å². The van der Waals surface area contributed by atoms with Crippen LogP contribution in [0.3, 0.4) is 0 Å². The van der Waals surface area contributed by atoms with Crippen LogP contribution in [0.4, 0.5) is 5.69 Å². The monoisotopic (exact) mass is 338 g/mol. The van der Waals surface area contributed by atoms with E-state index in [-0.39, 0.29) is 5.56 Å². The van der Waals surface area contributed by atoms with Gasteiger partial charge in [0.2, 0.25) is 5.91 Å². The third-order valence-electron chi connectivity index (χ3n) is 2.55. The third-order valence-corrected chi connectivity index (χ3v) is 2.55. The summed E-state index contributed by atoms with van der Waals surface area (Å²) in [5.74, 6) is -3.85. The average molecular weight is 338 g/mol. The molecule has 0 spiro atoms. The highest BCUT2D eigenvalue weighted by Gasteiger charge is 2.27. The predicted molar refractivity (Wildman–Crippen MR) is 78.7 cm³/mol. The second kappa shape index (κ2) is 7.81.